The predicted octanol–water partition coefficient (Wildman–Crippen LogP) is 5.93. The molecule has 1 aliphatic carbocycles. The average Bonchev–Trinajstić information content (AvgIpc) is 3.45. The predicted molar refractivity (Wildman–Crippen MR) is 131 cm³/mol. The number of aryl methyl sites for hydroxylation is 2. The van der Waals surface area contributed by atoms with E-state index in [4.69, 9.17) is 28.3 Å². The van der Waals surface area contributed by atoms with Gasteiger partial charge in [-0.2, -0.15) is 10.2 Å². The van der Waals surface area contributed by atoms with E-state index in [1.807, 2.05) is 35.6 Å². The molecule has 3 aromatic rings. The van der Waals surface area contributed by atoms with E-state index in [-0.39, 0.29) is 18.0 Å². The summed E-state index contributed by atoms with van der Waals surface area (Å²) in [6, 6.07) is 5.60. The van der Waals surface area contributed by atoms with Crippen molar-refractivity contribution in [2.75, 3.05) is 0 Å². The first kappa shape index (κ1) is 22.5. The molecule has 2 aliphatic rings. The minimum atomic E-state index is -0.0898. The third-order valence-electron chi connectivity index (χ3n) is 7.07. The molecular formula is C25H29Cl2N5O. The van der Waals surface area contributed by atoms with Gasteiger partial charge in [0.1, 0.15) is 0 Å². The molecule has 1 aromatic carbocycles. The average molecular weight is 486 g/mol. The van der Waals surface area contributed by atoms with Gasteiger partial charge in [-0.3, -0.25) is 14.2 Å². The Labute approximate surface area is 204 Å². The van der Waals surface area contributed by atoms with Crippen molar-refractivity contribution < 1.29 is 4.79 Å². The Morgan fingerprint density at radius 2 is 1.76 bits per heavy atom. The van der Waals surface area contributed by atoms with Crippen LogP contribution in [0, 0.1) is 0 Å². The van der Waals surface area contributed by atoms with Crippen LogP contribution in [0.15, 0.2) is 24.4 Å². The number of carbonyl (C=O) groups excluding carboxylic acids is 1. The topological polar surface area (TPSA) is 56.0 Å². The monoisotopic (exact) mass is 485 g/mol. The fourth-order valence-corrected chi connectivity index (χ4v) is 5.99. The molecule has 0 N–H and O–H groups in total. The molecular weight excluding hydrogens is 457 g/mol. The Bertz CT molecular complexity index is 1210. The van der Waals surface area contributed by atoms with Gasteiger partial charge in [-0.25, -0.2) is 0 Å². The van der Waals surface area contributed by atoms with Crippen molar-refractivity contribution in [3.05, 3.63) is 57.0 Å². The summed E-state index contributed by atoms with van der Waals surface area (Å²) in [6.07, 6.45) is 6.42. The summed E-state index contributed by atoms with van der Waals surface area (Å²) in [5, 5.41) is 10.6. The van der Waals surface area contributed by atoms with Crippen LogP contribution in [0.2, 0.25) is 10.0 Å². The number of nitrogens with zero attached hydrogens (tertiary/aromatic N) is 5. The van der Waals surface area contributed by atoms with Gasteiger partial charge in [-0.15, -0.1) is 0 Å². The van der Waals surface area contributed by atoms with E-state index in [9.17, 15) is 4.79 Å². The summed E-state index contributed by atoms with van der Waals surface area (Å²) in [5.74, 6) is 0.526. The van der Waals surface area contributed by atoms with Crippen molar-refractivity contribution in [2.45, 2.75) is 64.0 Å². The lowest BCUT2D eigenvalue weighted by Crippen LogP contribution is -2.47. The smallest absolute Gasteiger partial charge is 0.258 e. The fraction of sp³-hybridized carbons (Fsp3) is 0.480. The highest BCUT2D eigenvalue weighted by Gasteiger charge is 2.42. The van der Waals surface area contributed by atoms with Crippen LogP contribution in [0.1, 0.15) is 78.8 Å². The molecule has 0 saturated heterocycles. The van der Waals surface area contributed by atoms with Gasteiger partial charge in [0.15, 0.2) is 0 Å². The quantitative estimate of drug-likeness (QED) is 0.449. The Morgan fingerprint density at radius 1 is 1.06 bits per heavy atom. The van der Waals surface area contributed by atoms with E-state index in [0.29, 0.717) is 16.0 Å². The van der Waals surface area contributed by atoms with E-state index >= 15 is 0 Å². The zero-order chi connectivity index (χ0) is 23.4. The number of fused-ring (bicyclic) bond motifs is 1. The summed E-state index contributed by atoms with van der Waals surface area (Å²) in [5.41, 5.74) is 5.96. The highest BCUT2D eigenvalue weighted by Crippen LogP contribution is 2.45. The zero-order valence-electron chi connectivity index (χ0n) is 19.5. The number of aromatic nitrogens is 4. The Morgan fingerprint density at radius 3 is 2.36 bits per heavy atom. The minimum absolute atomic E-state index is 0.0763. The maximum absolute atomic E-state index is 14.0. The highest BCUT2D eigenvalue weighted by molar-refractivity contribution is 6.35. The molecule has 33 heavy (non-hydrogen) atoms. The SMILES string of the molecule is CCC1Cc2c(nn(C)c2-c2cc(Cl)cc(Cl)c2)C(CC)N1C(=O)c1cnn(C)c1C1CC1. The second kappa shape index (κ2) is 8.48. The molecule has 1 aliphatic heterocycles. The van der Waals surface area contributed by atoms with Crippen LogP contribution in [-0.2, 0) is 20.5 Å². The van der Waals surface area contributed by atoms with Crippen molar-refractivity contribution in [1.29, 1.82) is 0 Å². The van der Waals surface area contributed by atoms with E-state index in [2.05, 4.69) is 23.8 Å². The molecule has 2 atom stereocenters. The van der Waals surface area contributed by atoms with E-state index in [1.165, 1.54) is 5.56 Å². The lowest BCUT2D eigenvalue weighted by atomic mass is 9.87. The van der Waals surface area contributed by atoms with Gasteiger partial charge in [0, 0.05) is 47.2 Å². The summed E-state index contributed by atoms with van der Waals surface area (Å²) in [6.45, 7) is 4.28. The van der Waals surface area contributed by atoms with Crippen LogP contribution in [0.25, 0.3) is 11.3 Å². The first-order valence-electron chi connectivity index (χ1n) is 11.7. The van der Waals surface area contributed by atoms with Gasteiger partial charge < -0.3 is 4.90 Å². The standard InChI is InChI=1S/C25H29Cl2N5O/c1-5-18-12-19-22(29-31(4)24(19)15-9-16(26)11-17(27)10-15)21(6-2)32(18)25(33)20-13-28-30(3)23(20)14-7-8-14/h9-11,13-14,18,21H,5-8,12H2,1-4H3. The maximum Gasteiger partial charge on any atom is 0.258 e. The molecule has 2 unspecified atom stereocenters. The number of amides is 1. The van der Waals surface area contributed by atoms with Crippen molar-refractivity contribution in [1.82, 2.24) is 24.5 Å². The van der Waals surface area contributed by atoms with Gasteiger partial charge in [-0.1, -0.05) is 37.0 Å². The number of halogens is 2. The van der Waals surface area contributed by atoms with Crippen molar-refractivity contribution in [2.24, 2.45) is 14.1 Å². The largest absolute Gasteiger partial charge is 0.327 e. The van der Waals surface area contributed by atoms with Crippen molar-refractivity contribution >= 4 is 29.1 Å². The van der Waals surface area contributed by atoms with Gasteiger partial charge in [0.25, 0.3) is 5.91 Å². The van der Waals surface area contributed by atoms with Gasteiger partial charge in [0.2, 0.25) is 0 Å². The molecule has 0 bridgehead atoms. The van der Waals surface area contributed by atoms with Crippen LogP contribution in [-0.4, -0.2) is 36.4 Å². The summed E-state index contributed by atoms with van der Waals surface area (Å²) >= 11 is 12.6. The minimum Gasteiger partial charge on any atom is -0.327 e. The molecule has 174 valence electrons. The molecule has 0 spiro atoms. The first-order chi connectivity index (χ1) is 15.8. The van der Waals surface area contributed by atoms with E-state index in [1.54, 1.807) is 12.3 Å². The number of rotatable bonds is 5. The number of carbonyl (C=O) groups is 1. The normalized spacial score (nSPS) is 20.2. The summed E-state index contributed by atoms with van der Waals surface area (Å²) < 4.78 is 3.79. The fourth-order valence-electron chi connectivity index (χ4n) is 5.46. The van der Waals surface area contributed by atoms with Crippen LogP contribution >= 0.6 is 23.2 Å². The molecule has 3 heterocycles. The number of hydrogen-bond acceptors (Lipinski definition) is 3. The number of hydrogen-bond donors (Lipinski definition) is 0. The molecule has 1 fully saturated rings. The molecule has 1 saturated carbocycles. The molecule has 8 heteroatoms. The summed E-state index contributed by atoms with van der Waals surface area (Å²) in [4.78, 5) is 16.0. The van der Waals surface area contributed by atoms with Crippen LogP contribution in [0.5, 0.6) is 0 Å². The lowest BCUT2D eigenvalue weighted by molar-refractivity contribution is 0.0511. The maximum atomic E-state index is 14.0. The zero-order valence-corrected chi connectivity index (χ0v) is 21.0. The van der Waals surface area contributed by atoms with Crippen molar-refractivity contribution in [3.63, 3.8) is 0 Å². The Kier molecular flexibility index (Phi) is 5.78. The third-order valence-corrected chi connectivity index (χ3v) is 7.50. The molecule has 0 radical (unpaired) electrons. The molecule has 1 amide bonds. The lowest BCUT2D eigenvalue weighted by Gasteiger charge is -2.41. The van der Waals surface area contributed by atoms with Crippen molar-refractivity contribution in [3.8, 4) is 11.3 Å². The highest BCUT2D eigenvalue weighted by atomic mass is 35.5. The summed E-state index contributed by atoms with van der Waals surface area (Å²) in [7, 11) is 3.89. The van der Waals surface area contributed by atoms with Gasteiger partial charge in [-0.05, 0) is 50.3 Å². The third kappa shape index (κ3) is 3.77. The Balaban J connectivity index is 1.60. The molecule has 5 rings (SSSR count). The van der Waals surface area contributed by atoms with Gasteiger partial charge in [0.05, 0.1) is 34.9 Å². The van der Waals surface area contributed by atoms with Crippen LogP contribution in [0.3, 0.4) is 0 Å². The van der Waals surface area contributed by atoms with E-state index in [0.717, 1.165) is 60.3 Å². The molecule has 6 nitrogen and oxygen atoms in total. The Hall–Kier alpha value is -2.31. The number of benzene rings is 1. The van der Waals surface area contributed by atoms with E-state index < -0.39 is 0 Å². The first-order valence-corrected chi connectivity index (χ1v) is 12.5. The second-order valence-electron chi connectivity index (χ2n) is 9.24. The molecule has 2 aromatic heterocycles. The van der Waals surface area contributed by atoms with Gasteiger partial charge >= 0.3 is 0 Å². The second-order valence-corrected chi connectivity index (χ2v) is 10.1. The van der Waals surface area contributed by atoms with Crippen LogP contribution < -0.4 is 0 Å². The van der Waals surface area contributed by atoms with Crippen LogP contribution in [0.4, 0.5) is 0 Å².